The Labute approximate surface area is 194 Å². The third-order valence-electron chi connectivity index (χ3n) is 4.26. The van der Waals surface area contributed by atoms with Crippen LogP contribution < -0.4 is 5.32 Å². The number of amides is 2. The van der Waals surface area contributed by atoms with Crippen molar-refractivity contribution < 1.29 is 36.9 Å². The lowest BCUT2D eigenvalue weighted by atomic mass is 10.0. The van der Waals surface area contributed by atoms with Gasteiger partial charge in [-0.3, -0.25) is 19.0 Å². The molecule has 3 N–H and O–H groups in total. The summed E-state index contributed by atoms with van der Waals surface area (Å²) < 4.78 is 35.6. The van der Waals surface area contributed by atoms with Crippen LogP contribution in [0, 0.1) is 11.3 Å². The number of aromatic nitrogens is 2. The first-order valence-corrected chi connectivity index (χ1v) is 13.5. The molecule has 1 fully saturated rings. The molecule has 2 aliphatic rings. The number of thioether (sulfide) groups is 3. The Balaban J connectivity index is 1.70. The predicted octanol–water partition coefficient (Wildman–Crippen LogP) is -0.457. The van der Waals surface area contributed by atoms with E-state index in [1.165, 1.54) is 11.8 Å². The van der Waals surface area contributed by atoms with Crippen LogP contribution in [0.2, 0.25) is 0 Å². The molecule has 3 heterocycles. The van der Waals surface area contributed by atoms with E-state index in [1.54, 1.807) is 6.26 Å². The van der Waals surface area contributed by atoms with E-state index >= 15 is 0 Å². The van der Waals surface area contributed by atoms with Crippen LogP contribution in [0.4, 0.5) is 0 Å². The van der Waals surface area contributed by atoms with Crippen molar-refractivity contribution in [1.82, 2.24) is 20.4 Å². The van der Waals surface area contributed by atoms with Gasteiger partial charge < -0.3 is 14.8 Å². The van der Waals surface area contributed by atoms with Crippen LogP contribution in [0.5, 0.6) is 0 Å². The lowest BCUT2D eigenvalue weighted by molar-refractivity contribution is -0.150. The molecular formula is C15H15N5O8S4. The molecule has 1 aromatic heterocycles. The molecule has 1 saturated heterocycles. The topological polar surface area (TPSA) is 204 Å². The van der Waals surface area contributed by atoms with E-state index < -0.39 is 50.3 Å². The van der Waals surface area contributed by atoms with Crippen molar-refractivity contribution in [1.29, 1.82) is 5.26 Å². The van der Waals surface area contributed by atoms with Crippen LogP contribution in [0.15, 0.2) is 20.9 Å². The summed E-state index contributed by atoms with van der Waals surface area (Å²) in [6.45, 7) is 0. The maximum absolute atomic E-state index is 12.6. The van der Waals surface area contributed by atoms with Crippen LogP contribution in [0.1, 0.15) is 5.89 Å². The maximum Gasteiger partial charge on any atom is 0.352 e. The zero-order chi connectivity index (χ0) is 23.6. The third kappa shape index (κ3) is 5.20. The number of β-lactam (4-membered cyclic amide) rings is 1. The number of carbonyl (C=O) groups is 3. The highest BCUT2D eigenvalue weighted by atomic mass is 32.2. The van der Waals surface area contributed by atoms with Crippen molar-refractivity contribution in [3.8, 4) is 6.07 Å². The third-order valence-corrected chi connectivity index (χ3v) is 7.91. The van der Waals surface area contributed by atoms with Crippen molar-refractivity contribution >= 4 is 63.2 Å². The SMILES string of the molecule is CSC(C#N)C(=O)NC1C(=O)N2C(C(=O)O)=C(CSc3nnc(CS(=O)(=O)O)o3)CS[C@@H]12. The van der Waals surface area contributed by atoms with Crippen molar-refractivity contribution in [2.75, 3.05) is 17.8 Å². The quantitative estimate of drug-likeness (QED) is 0.214. The number of aliphatic carboxylic acids is 1. The second kappa shape index (κ2) is 9.70. The monoisotopic (exact) mass is 521 g/mol. The highest BCUT2D eigenvalue weighted by Crippen LogP contribution is 2.41. The van der Waals surface area contributed by atoms with E-state index in [0.717, 1.165) is 28.4 Å². The highest BCUT2D eigenvalue weighted by molar-refractivity contribution is 8.01. The van der Waals surface area contributed by atoms with Gasteiger partial charge in [0.05, 0.1) is 6.07 Å². The van der Waals surface area contributed by atoms with E-state index in [2.05, 4.69) is 15.5 Å². The number of hydrogen-bond acceptors (Lipinski definition) is 12. The van der Waals surface area contributed by atoms with Gasteiger partial charge in [0.15, 0.2) is 11.0 Å². The Morgan fingerprint density at radius 1 is 1.47 bits per heavy atom. The second-order valence-electron chi connectivity index (χ2n) is 6.37. The molecule has 3 atom stereocenters. The number of carboxylic acids is 1. The zero-order valence-corrected chi connectivity index (χ0v) is 19.4. The summed E-state index contributed by atoms with van der Waals surface area (Å²) in [6, 6.07) is 0.886. The minimum atomic E-state index is -4.34. The molecule has 0 spiro atoms. The summed E-state index contributed by atoms with van der Waals surface area (Å²) in [5.74, 6) is -3.39. The molecule has 3 rings (SSSR count). The van der Waals surface area contributed by atoms with E-state index in [9.17, 15) is 27.9 Å². The zero-order valence-electron chi connectivity index (χ0n) is 16.1. The number of nitrogens with one attached hydrogen (secondary N) is 1. The normalized spacial score (nSPS) is 21.4. The van der Waals surface area contributed by atoms with E-state index in [0.29, 0.717) is 5.57 Å². The van der Waals surface area contributed by atoms with Crippen LogP contribution in [-0.2, 0) is 30.3 Å². The first kappa shape index (κ1) is 24.4. The van der Waals surface area contributed by atoms with Crippen molar-refractivity contribution in [3.05, 3.63) is 17.2 Å². The molecule has 13 nitrogen and oxygen atoms in total. The van der Waals surface area contributed by atoms with Gasteiger partial charge >= 0.3 is 5.97 Å². The Hall–Kier alpha value is -2.26. The van der Waals surface area contributed by atoms with Crippen LogP contribution >= 0.6 is 35.3 Å². The first-order chi connectivity index (χ1) is 15.1. The summed E-state index contributed by atoms with van der Waals surface area (Å²) in [5.41, 5.74) is 0.187. The van der Waals surface area contributed by atoms with Crippen LogP contribution in [0.25, 0.3) is 0 Å². The molecular weight excluding hydrogens is 506 g/mol. The number of fused-ring (bicyclic) bond motifs is 1. The van der Waals surface area contributed by atoms with Crippen LogP contribution in [0.3, 0.4) is 0 Å². The molecule has 1 aromatic rings. The molecule has 0 aromatic carbocycles. The van der Waals surface area contributed by atoms with Gasteiger partial charge in [-0.25, -0.2) is 4.79 Å². The fraction of sp³-hybridized carbons (Fsp3) is 0.467. The minimum Gasteiger partial charge on any atom is -0.477 e. The van der Waals surface area contributed by atoms with Gasteiger partial charge in [-0.2, -0.15) is 13.7 Å². The average molecular weight is 522 g/mol. The van der Waals surface area contributed by atoms with Crippen molar-refractivity contribution in [2.24, 2.45) is 0 Å². The lowest BCUT2D eigenvalue weighted by Gasteiger charge is -2.49. The van der Waals surface area contributed by atoms with E-state index in [4.69, 9.17) is 14.2 Å². The number of nitrogens with zero attached hydrogens (tertiary/aromatic N) is 4. The maximum atomic E-state index is 12.6. The Bertz CT molecular complexity index is 1130. The number of rotatable bonds is 9. The second-order valence-corrected chi connectivity index (χ2v) is 10.8. The summed E-state index contributed by atoms with van der Waals surface area (Å²) in [4.78, 5) is 37.6. The smallest absolute Gasteiger partial charge is 0.352 e. The Morgan fingerprint density at radius 3 is 2.78 bits per heavy atom. The largest absolute Gasteiger partial charge is 0.477 e. The van der Waals surface area contributed by atoms with Gasteiger partial charge in [0.2, 0.25) is 11.8 Å². The van der Waals surface area contributed by atoms with Gasteiger partial charge in [-0.05, 0) is 11.8 Å². The fourth-order valence-electron chi connectivity index (χ4n) is 2.90. The van der Waals surface area contributed by atoms with E-state index in [1.807, 2.05) is 6.07 Å². The number of hydrogen-bond donors (Lipinski definition) is 3. The summed E-state index contributed by atoms with van der Waals surface area (Å²) in [6.07, 6.45) is 1.59. The number of carboxylic acid groups (broad SMARTS) is 1. The molecule has 2 amide bonds. The number of nitriles is 1. The Morgan fingerprint density at radius 2 is 2.19 bits per heavy atom. The summed E-state index contributed by atoms with van der Waals surface area (Å²) >= 11 is 3.23. The van der Waals surface area contributed by atoms with Crippen molar-refractivity contribution in [3.63, 3.8) is 0 Å². The molecule has 17 heteroatoms. The molecule has 0 saturated carbocycles. The standard InChI is InChI=1S/C15H15N5O8S4/c1-29-7(2-16)11(21)17-9-12(22)20-10(14(23)24)6(3-30-13(9)20)4-31-15-19-18-8(28-15)5-32(25,26)27/h7,9,13H,3-5H2,1H3,(H,17,21)(H,23,24)(H,25,26,27)/t7?,9?,13-/m0/s1. The molecule has 0 radical (unpaired) electrons. The summed E-state index contributed by atoms with van der Waals surface area (Å²) in [5, 5.41) is 26.6. The number of carbonyl (C=O) groups excluding carboxylic acids is 2. The predicted molar refractivity (Wildman–Crippen MR) is 113 cm³/mol. The molecule has 2 aliphatic heterocycles. The van der Waals surface area contributed by atoms with Gasteiger partial charge in [-0.1, -0.05) is 11.8 Å². The molecule has 172 valence electrons. The van der Waals surface area contributed by atoms with Gasteiger partial charge in [0.25, 0.3) is 21.2 Å². The van der Waals surface area contributed by atoms with Crippen molar-refractivity contribution in [2.45, 2.75) is 27.6 Å². The lowest BCUT2D eigenvalue weighted by Crippen LogP contribution is -2.71. The van der Waals surface area contributed by atoms with Gasteiger partial charge in [-0.15, -0.1) is 33.7 Å². The molecule has 2 unspecified atom stereocenters. The Kier molecular flexibility index (Phi) is 7.39. The first-order valence-electron chi connectivity index (χ1n) is 8.58. The molecule has 32 heavy (non-hydrogen) atoms. The molecule has 0 aliphatic carbocycles. The summed E-state index contributed by atoms with van der Waals surface area (Å²) in [7, 11) is -4.34. The van der Waals surface area contributed by atoms with E-state index in [-0.39, 0.29) is 28.3 Å². The fourth-order valence-corrected chi connectivity index (χ4v) is 5.98. The highest BCUT2D eigenvalue weighted by Gasteiger charge is 2.54. The van der Waals surface area contributed by atoms with Crippen LogP contribution in [-0.4, -0.2) is 85.4 Å². The minimum absolute atomic E-state index is 0.0345. The van der Waals surface area contributed by atoms with Gasteiger partial charge in [0.1, 0.15) is 17.1 Å². The molecule has 0 bridgehead atoms. The average Bonchev–Trinajstić information content (AvgIpc) is 3.15. The van der Waals surface area contributed by atoms with Gasteiger partial charge in [0, 0.05) is 11.5 Å².